The zero-order chi connectivity index (χ0) is 25.5. The number of alkyl halides is 6. The molecule has 0 amide bonds. The van der Waals surface area contributed by atoms with Crippen LogP contribution < -0.4 is 0 Å². The van der Waals surface area contributed by atoms with Gasteiger partial charge in [0.1, 0.15) is 0 Å². The summed E-state index contributed by atoms with van der Waals surface area (Å²) in [5, 5.41) is 9.35. The van der Waals surface area contributed by atoms with Gasteiger partial charge in [-0.1, -0.05) is 18.2 Å². The Kier molecular flexibility index (Phi) is 4.90. The molecule has 1 aliphatic rings. The molecule has 0 atom stereocenters. The van der Waals surface area contributed by atoms with E-state index in [4.69, 9.17) is 11.8 Å². The minimum Gasteiger partial charge on any atom is -0.238 e. The molecule has 0 aliphatic heterocycles. The number of halogens is 6. The second kappa shape index (κ2) is 7.33. The molecule has 0 saturated heterocycles. The number of benzene rings is 2. The molecule has 35 heavy (non-hydrogen) atoms. The Morgan fingerprint density at radius 2 is 1.29 bits per heavy atom. The molecule has 10 heteroatoms. The first-order valence-corrected chi connectivity index (χ1v) is 11.7. The molecule has 2 heterocycles. The van der Waals surface area contributed by atoms with Gasteiger partial charge in [0.05, 0.1) is 18.2 Å². The zero-order valence-electron chi connectivity index (χ0n) is 17.9. The number of fused-ring (bicyclic) bond motifs is 2. The summed E-state index contributed by atoms with van der Waals surface area (Å²) in [4.78, 5) is 3.60. The maximum absolute atomic E-state index is 15.4. The molecule has 0 spiro atoms. The van der Waals surface area contributed by atoms with E-state index in [0.29, 0.717) is 9.40 Å². The van der Waals surface area contributed by atoms with Crippen LogP contribution >= 0.6 is 22.7 Å². The number of hydrogen-bond donors (Lipinski definition) is 0. The third kappa shape index (κ3) is 2.93. The predicted octanol–water partition coefficient (Wildman–Crippen LogP) is 8.99. The van der Waals surface area contributed by atoms with Gasteiger partial charge in [0.15, 0.2) is 5.69 Å². The molecule has 4 aromatic rings. The molecule has 0 bridgehead atoms. The van der Waals surface area contributed by atoms with E-state index in [0.717, 1.165) is 22.7 Å². The van der Waals surface area contributed by atoms with Gasteiger partial charge in [-0.3, -0.25) is 0 Å². The summed E-state index contributed by atoms with van der Waals surface area (Å²) in [6, 6.07) is 10.1. The van der Waals surface area contributed by atoms with E-state index in [-0.39, 0.29) is 42.9 Å². The molecule has 2 nitrogen and oxygen atoms in total. The van der Waals surface area contributed by atoms with E-state index in [1.807, 2.05) is 6.07 Å². The third-order valence-electron chi connectivity index (χ3n) is 6.14. The van der Waals surface area contributed by atoms with Crippen LogP contribution in [0.1, 0.15) is 26.4 Å². The van der Waals surface area contributed by atoms with Crippen molar-refractivity contribution in [2.45, 2.75) is 31.6 Å². The molecule has 2 aromatic carbocycles. The highest BCUT2D eigenvalue weighted by Gasteiger charge is 2.80. The first kappa shape index (κ1) is 23.4. The van der Waals surface area contributed by atoms with E-state index in [1.165, 1.54) is 50.2 Å². The molecule has 0 fully saturated rings. The van der Waals surface area contributed by atoms with Gasteiger partial charge in [0, 0.05) is 46.8 Å². The second-order valence-corrected chi connectivity index (χ2v) is 10.7. The van der Waals surface area contributed by atoms with Gasteiger partial charge in [-0.25, -0.2) is 4.85 Å². The standard InChI is InChI=1S/C25H12F6N2S2/c1-11-19(15-6-4-13(10-32)8-17(15)34-11)21-22(24(28,29)25(30,31)23(21,26)27)20-12(2)35-18-9-14(33-3)5-7-16(18)20/h4-9H,1-2H3. The summed E-state index contributed by atoms with van der Waals surface area (Å²) in [6.07, 6.45) is 0. The topological polar surface area (TPSA) is 28.1 Å². The lowest BCUT2D eigenvalue weighted by Crippen LogP contribution is -2.48. The fraction of sp³-hybridized carbons (Fsp3) is 0.200. The molecule has 5 rings (SSSR count). The highest BCUT2D eigenvalue weighted by Crippen LogP contribution is 2.67. The molecule has 176 valence electrons. The molecular formula is C25H12F6N2S2. The first-order valence-electron chi connectivity index (χ1n) is 10.1. The van der Waals surface area contributed by atoms with Crippen LogP contribution in [-0.4, -0.2) is 17.8 Å². The summed E-state index contributed by atoms with van der Waals surface area (Å²) in [7, 11) is 0. The Bertz CT molecular complexity index is 1560. The maximum atomic E-state index is 15.4. The SMILES string of the molecule is [C-]#[N+]c1ccc2c(C3=C(c4c(C)sc5cc(C#N)ccc45)C(F)(F)C(F)(F)C3(F)F)c(C)sc2c1. The largest absolute Gasteiger partial charge is 0.380 e. The lowest BCUT2D eigenvalue weighted by molar-refractivity contribution is -0.254. The van der Waals surface area contributed by atoms with Crippen molar-refractivity contribution in [2.24, 2.45) is 0 Å². The van der Waals surface area contributed by atoms with Crippen molar-refractivity contribution >= 4 is 59.7 Å². The summed E-state index contributed by atoms with van der Waals surface area (Å²) in [5.74, 6) is -16.0. The van der Waals surface area contributed by atoms with Crippen molar-refractivity contribution in [3.05, 3.63) is 74.3 Å². The van der Waals surface area contributed by atoms with E-state index in [9.17, 15) is 8.78 Å². The van der Waals surface area contributed by atoms with Crippen molar-refractivity contribution in [3.8, 4) is 6.07 Å². The van der Waals surface area contributed by atoms with E-state index < -0.39 is 28.9 Å². The molecule has 0 radical (unpaired) electrons. The molecule has 0 N–H and O–H groups in total. The van der Waals surface area contributed by atoms with Crippen molar-refractivity contribution in [1.82, 2.24) is 0 Å². The number of nitrogens with zero attached hydrogens (tertiary/aromatic N) is 2. The van der Waals surface area contributed by atoms with Gasteiger partial charge in [-0.2, -0.15) is 31.6 Å². The van der Waals surface area contributed by atoms with Crippen molar-refractivity contribution in [3.63, 3.8) is 0 Å². The lowest BCUT2D eigenvalue weighted by Gasteiger charge is -2.26. The summed E-state index contributed by atoms with van der Waals surface area (Å²) in [5.41, 5.74) is -3.12. The van der Waals surface area contributed by atoms with Gasteiger partial charge in [0.2, 0.25) is 0 Å². The Morgan fingerprint density at radius 1 is 0.800 bits per heavy atom. The van der Waals surface area contributed by atoms with Crippen LogP contribution in [0.2, 0.25) is 0 Å². The Morgan fingerprint density at radius 3 is 1.77 bits per heavy atom. The Hall–Kier alpha value is -3.34. The van der Waals surface area contributed by atoms with Crippen molar-refractivity contribution in [1.29, 1.82) is 5.26 Å². The van der Waals surface area contributed by atoms with Gasteiger partial charge in [-0.05, 0) is 37.4 Å². The van der Waals surface area contributed by atoms with Crippen molar-refractivity contribution < 1.29 is 26.3 Å². The number of rotatable bonds is 2. The van der Waals surface area contributed by atoms with Crippen LogP contribution in [0.3, 0.4) is 0 Å². The Balaban J connectivity index is 1.96. The van der Waals surface area contributed by atoms with E-state index >= 15 is 17.6 Å². The van der Waals surface area contributed by atoms with Crippen LogP contribution in [0, 0.1) is 31.8 Å². The maximum Gasteiger partial charge on any atom is 0.380 e. The van der Waals surface area contributed by atoms with Crippen LogP contribution in [0.4, 0.5) is 32.0 Å². The van der Waals surface area contributed by atoms with Crippen LogP contribution in [0.5, 0.6) is 0 Å². The molecule has 1 aliphatic carbocycles. The van der Waals surface area contributed by atoms with Gasteiger partial charge < -0.3 is 0 Å². The minimum absolute atomic E-state index is 0.0969. The van der Waals surface area contributed by atoms with E-state index in [2.05, 4.69) is 4.85 Å². The smallest absolute Gasteiger partial charge is 0.238 e. The molecular weight excluding hydrogens is 506 g/mol. The molecule has 0 saturated carbocycles. The van der Waals surface area contributed by atoms with Crippen molar-refractivity contribution in [2.75, 3.05) is 0 Å². The molecule has 0 unspecified atom stereocenters. The second-order valence-electron chi connectivity index (χ2n) is 8.15. The van der Waals surface area contributed by atoms with Crippen LogP contribution in [0.15, 0.2) is 36.4 Å². The molecule has 2 aromatic heterocycles. The summed E-state index contributed by atoms with van der Waals surface area (Å²) < 4.78 is 92.1. The quantitative estimate of drug-likeness (QED) is 0.192. The predicted molar refractivity (Wildman–Crippen MR) is 126 cm³/mol. The highest BCUT2D eigenvalue weighted by molar-refractivity contribution is 7.19. The lowest BCUT2D eigenvalue weighted by atomic mass is 9.91. The van der Waals surface area contributed by atoms with Gasteiger partial charge in [-0.15, -0.1) is 22.7 Å². The number of allylic oxidation sites excluding steroid dienone is 2. The fourth-order valence-corrected chi connectivity index (χ4v) is 6.79. The summed E-state index contributed by atoms with van der Waals surface area (Å²) >= 11 is 1.94. The highest BCUT2D eigenvalue weighted by atomic mass is 32.1. The van der Waals surface area contributed by atoms with Gasteiger partial charge >= 0.3 is 17.8 Å². The first-order chi connectivity index (χ1) is 16.4. The van der Waals surface area contributed by atoms with Crippen LogP contribution in [0.25, 0.3) is 36.2 Å². The Labute approximate surface area is 203 Å². The average Bonchev–Trinajstić information content (AvgIpc) is 3.32. The monoisotopic (exact) mass is 518 g/mol. The zero-order valence-corrected chi connectivity index (χ0v) is 19.6. The van der Waals surface area contributed by atoms with E-state index in [1.54, 1.807) is 0 Å². The fourth-order valence-electron chi connectivity index (χ4n) is 4.58. The van der Waals surface area contributed by atoms with Gasteiger partial charge in [0.25, 0.3) is 0 Å². The minimum atomic E-state index is -5.67. The van der Waals surface area contributed by atoms with Crippen LogP contribution in [-0.2, 0) is 0 Å². The summed E-state index contributed by atoms with van der Waals surface area (Å²) in [6.45, 7) is 9.96. The third-order valence-corrected chi connectivity index (χ3v) is 8.28. The number of hydrogen-bond acceptors (Lipinski definition) is 3. The average molecular weight is 519 g/mol. The normalized spacial score (nSPS) is 18.2. The number of thiophene rings is 2. The number of aryl methyl sites for hydroxylation is 2. The number of nitriles is 1.